The third-order valence-corrected chi connectivity index (χ3v) is 6.20. The average Bonchev–Trinajstić information content (AvgIpc) is 3.17. The molecule has 0 saturated carbocycles. The first-order valence-corrected chi connectivity index (χ1v) is 11.6. The second kappa shape index (κ2) is 11.8. The number of aromatic nitrogens is 3. The SMILES string of the molecule is C=CCn1c(CCNC(=O)c2ccccc2F)nnc1SCC(=O)Nc1cccc(Cl)c1Cl. The molecule has 0 aliphatic heterocycles. The molecule has 0 radical (unpaired) electrons. The Balaban J connectivity index is 1.58. The van der Waals surface area contributed by atoms with E-state index < -0.39 is 11.7 Å². The number of carbonyl (C=O) groups excluding carboxylic acids is 2. The summed E-state index contributed by atoms with van der Waals surface area (Å²) >= 11 is 13.3. The van der Waals surface area contributed by atoms with E-state index in [0.717, 1.165) is 0 Å². The van der Waals surface area contributed by atoms with Crippen LogP contribution in [0.15, 0.2) is 60.3 Å². The van der Waals surface area contributed by atoms with Crippen LogP contribution in [-0.2, 0) is 17.8 Å². The number of nitrogens with zero attached hydrogens (tertiary/aromatic N) is 3. The number of amides is 2. The monoisotopic (exact) mass is 507 g/mol. The van der Waals surface area contributed by atoms with E-state index in [1.54, 1.807) is 34.9 Å². The number of anilines is 1. The van der Waals surface area contributed by atoms with Crippen LogP contribution in [0.5, 0.6) is 0 Å². The predicted molar refractivity (Wildman–Crippen MR) is 128 cm³/mol. The molecule has 0 aliphatic carbocycles. The number of allylic oxidation sites excluding steroid dienone is 1. The Morgan fingerprint density at radius 2 is 1.94 bits per heavy atom. The van der Waals surface area contributed by atoms with E-state index in [1.165, 1.54) is 30.0 Å². The number of nitrogens with one attached hydrogen (secondary N) is 2. The Hall–Kier alpha value is -2.88. The van der Waals surface area contributed by atoms with Crippen molar-refractivity contribution in [3.8, 4) is 0 Å². The second-order valence-corrected chi connectivity index (χ2v) is 8.45. The van der Waals surface area contributed by atoms with Gasteiger partial charge in [-0.15, -0.1) is 16.8 Å². The van der Waals surface area contributed by atoms with Gasteiger partial charge in [-0.05, 0) is 24.3 Å². The normalized spacial score (nSPS) is 10.6. The van der Waals surface area contributed by atoms with Crippen LogP contribution in [0, 0.1) is 5.82 Å². The molecular formula is C22H20Cl2FN5O2S. The zero-order chi connectivity index (χ0) is 23.8. The lowest BCUT2D eigenvalue weighted by molar-refractivity contribution is -0.113. The van der Waals surface area contributed by atoms with Crippen molar-refractivity contribution in [3.05, 3.63) is 82.4 Å². The molecule has 33 heavy (non-hydrogen) atoms. The number of rotatable bonds is 10. The maximum Gasteiger partial charge on any atom is 0.254 e. The summed E-state index contributed by atoms with van der Waals surface area (Å²) in [5.41, 5.74) is 0.403. The van der Waals surface area contributed by atoms with Crippen molar-refractivity contribution in [3.63, 3.8) is 0 Å². The summed E-state index contributed by atoms with van der Waals surface area (Å²) in [6.07, 6.45) is 2.05. The summed E-state index contributed by atoms with van der Waals surface area (Å²) < 4.78 is 15.5. The van der Waals surface area contributed by atoms with Crippen molar-refractivity contribution in [1.82, 2.24) is 20.1 Å². The maximum atomic E-state index is 13.7. The summed E-state index contributed by atoms with van der Waals surface area (Å²) in [4.78, 5) is 24.5. The lowest BCUT2D eigenvalue weighted by atomic mass is 10.2. The van der Waals surface area contributed by atoms with Crippen molar-refractivity contribution in [2.24, 2.45) is 0 Å². The van der Waals surface area contributed by atoms with E-state index in [2.05, 4.69) is 27.4 Å². The standard InChI is InChI=1S/C22H20Cl2FN5O2S/c1-2-12-30-18(10-11-26-21(32)14-6-3-4-8-16(14)25)28-29-22(30)33-13-19(31)27-17-9-5-7-15(23)20(17)24/h2-9H,1,10-13H2,(H,26,32)(H,27,31). The van der Waals surface area contributed by atoms with Crippen molar-refractivity contribution in [2.75, 3.05) is 17.6 Å². The number of halogens is 3. The highest BCUT2D eigenvalue weighted by molar-refractivity contribution is 7.99. The molecule has 172 valence electrons. The number of hydrogen-bond acceptors (Lipinski definition) is 5. The lowest BCUT2D eigenvalue weighted by Gasteiger charge is -2.10. The highest BCUT2D eigenvalue weighted by atomic mass is 35.5. The lowest BCUT2D eigenvalue weighted by Crippen LogP contribution is -2.27. The van der Waals surface area contributed by atoms with E-state index >= 15 is 0 Å². The molecule has 7 nitrogen and oxygen atoms in total. The summed E-state index contributed by atoms with van der Waals surface area (Å²) in [5.74, 6) is -0.697. The van der Waals surface area contributed by atoms with Crippen LogP contribution < -0.4 is 10.6 Å². The fraction of sp³-hybridized carbons (Fsp3) is 0.182. The Labute approximate surface area is 204 Å². The van der Waals surface area contributed by atoms with Crippen molar-refractivity contribution in [2.45, 2.75) is 18.1 Å². The topological polar surface area (TPSA) is 88.9 Å². The maximum absolute atomic E-state index is 13.7. The molecule has 2 N–H and O–H groups in total. The molecule has 0 bridgehead atoms. The molecule has 0 atom stereocenters. The summed E-state index contributed by atoms with van der Waals surface area (Å²) in [6.45, 7) is 4.40. The number of carbonyl (C=O) groups is 2. The van der Waals surface area contributed by atoms with Gasteiger partial charge in [0, 0.05) is 19.5 Å². The van der Waals surface area contributed by atoms with Gasteiger partial charge in [-0.1, -0.05) is 59.2 Å². The molecule has 3 aromatic rings. The summed E-state index contributed by atoms with van der Waals surface area (Å²) in [5, 5.41) is 14.8. The van der Waals surface area contributed by atoms with Gasteiger partial charge in [-0.25, -0.2) is 4.39 Å². The number of benzene rings is 2. The third kappa shape index (κ3) is 6.56. The number of thioether (sulfide) groups is 1. The summed E-state index contributed by atoms with van der Waals surface area (Å²) in [7, 11) is 0. The zero-order valence-corrected chi connectivity index (χ0v) is 19.7. The van der Waals surface area contributed by atoms with Gasteiger partial charge in [-0.2, -0.15) is 0 Å². The van der Waals surface area contributed by atoms with Gasteiger partial charge in [0.05, 0.1) is 27.0 Å². The predicted octanol–water partition coefficient (Wildman–Crippen LogP) is 4.61. The molecule has 3 rings (SSSR count). The zero-order valence-electron chi connectivity index (χ0n) is 17.4. The van der Waals surface area contributed by atoms with Crippen LogP contribution in [0.1, 0.15) is 16.2 Å². The van der Waals surface area contributed by atoms with E-state index in [0.29, 0.717) is 34.7 Å². The molecular weight excluding hydrogens is 488 g/mol. The smallest absolute Gasteiger partial charge is 0.254 e. The number of hydrogen-bond donors (Lipinski definition) is 2. The van der Waals surface area contributed by atoms with Gasteiger partial charge in [0.15, 0.2) is 5.16 Å². The van der Waals surface area contributed by atoms with Crippen LogP contribution in [-0.4, -0.2) is 38.9 Å². The molecule has 0 aliphatic rings. The van der Waals surface area contributed by atoms with Crippen LogP contribution in [0.2, 0.25) is 10.0 Å². The van der Waals surface area contributed by atoms with E-state index in [1.807, 2.05) is 0 Å². The van der Waals surface area contributed by atoms with Gasteiger partial charge in [0.25, 0.3) is 5.91 Å². The molecule has 11 heteroatoms. The van der Waals surface area contributed by atoms with Crippen LogP contribution in [0.4, 0.5) is 10.1 Å². The van der Waals surface area contributed by atoms with E-state index in [9.17, 15) is 14.0 Å². The van der Waals surface area contributed by atoms with Gasteiger partial charge in [0.1, 0.15) is 11.6 Å². The molecule has 0 unspecified atom stereocenters. The molecule has 0 saturated heterocycles. The quantitative estimate of drug-likeness (QED) is 0.309. The highest BCUT2D eigenvalue weighted by Gasteiger charge is 2.16. The van der Waals surface area contributed by atoms with Gasteiger partial charge < -0.3 is 15.2 Å². The minimum atomic E-state index is -0.583. The van der Waals surface area contributed by atoms with Gasteiger partial charge in [-0.3, -0.25) is 9.59 Å². The largest absolute Gasteiger partial charge is 0.351 e. The van der Waals surface area contributed by atoms with Crippen LogP contribution in [0.3, 0.4) is 0 Å². The van der Waals surface area contributed by atoms with E-state index in [-0.39, 0.29) is 28.8 Å². The fourth-order valence-electron chi connectivity index (χ4n) is 2.87. The molecule has 2 aromatic carbocycles. The molecule has 0 spiro atoms. The first-order valence-electron chi connectivity index (χ1n) is 9.83. The van der Waals surface area contributed by atoms with Crippen LogP contribution in [0.25, 0.3) is 0 Å². The fourth-order valence-corrected chi connectivity index (χ4v) is 3.98. The average molecular weight is 508 g/mol. The first-order chi connectivity index (χ1) is 15.9. The second-order valence-electron chi connectivity index (χ2n) is 6.72. The van der Waals surface area contributed by atoms with Gasteiger partial charge >= 0.3 is 0 Å². The minimum Gasteiger partial charge on any atom is -0.351 e. The Morgan fingerprint density at radius 3 is 2.70 bits per heavy atom. The molecule has 2 amide bonds. The Kier molecular flexibility index (Phi) is 8.87. The third-order valence-electron chi connectivity index (χ3n) is 4.42. The summed E-state index contributed by atoms with van der Waals surface area (Å²) in [6, 6.07) is 10.7. The minimum absolute atomic E-state index is 0.0212. The van der Waals surface area contributed by atoms with E-state index in [4.69, 9.17) is 23.2 Å². The van der Waals surface area contributed by atoms with Crippen LogP contribution >= 0.6 is 35.0 Å². The molecule has 0 fully saturated rings. The molecule has 1 heterocycles. The van der Waals surface area contributed by atoms with Crippen molar-refractivity contribution < 1.29 is 14.0 Å². The first kappa shape index (κ1) is 24.8. The van der Waals surface area contributed by atoms with Gasteiger partial charge in [0.2, 0.25) is 5.91 Å². The Morgan fingerprint density at radius 1 is 1.15 bits per heavy atom. The van der Waals surface area contributed by atoms with Crippen molar-refractivity contribution >= 4 is 52.5 Å². The van der Waals surface area contributed by atoms with Crippen molar-refractivity contribution in [1.29, 1.82) is 0 Å². The molecule has 1 aromatic heterocycles. The Bertz CT molecular complexity index is 1170. The highest BCUT2D eigenvalue weighted by Crippen LogP contribution is 2.29.